The predicted molar refractivity (Wildman–Crippen MR) is 73.8 cm³/mol. The van der Waals surface area contributed by atoms with Gasteiger partial charge in [0.25, 0.3) is 0 Å². The van der Waals surface area contributed by atoms with Gasteiger partial charge in [-0.25, -0.2) is 4.79 Å². The lowest BCUT2D eigenvalue weighted by atomic mass is 9.92. The van der Waals surface area contributed by atoms with Crippen molar-refractivity contribution in [2.75, 3.05) is 19.6 Å². The summed E-state index contributed by atoms with van der Waals surface area (Å²) in [6, 6.07) is 0. The second kappa shape index (κ2) is 7.24. The molecule has 0 atom stereocenters. The van der Waals surface area contributed by atoms with E-state index >= 15 is 0 Å². The number of nitrogens with zero attached hydrogens (tertiary/aromatic N) is 4. The summed E-state index contributed by atoms with van der Waals surface area (Å²) in [5.74, 6) is 0.632. The summed E-state index contributed by atoms with van der Waals surface area (Å²) in [5, 5.41) is 3.54. The Kier molecular flexibility index (Phi) is 5.96. The average molecular weight is 268 g/mol. The summed E-state index contributed by atoms with van der Waals surface area (Å²) in [6.45, 7) is 7.75. The first-order valence-electron chi connectivity index (χ1n) is 6.91. The van der Waals surface area contributed by atoms with Crippen LogP contribution in [-0.2, 0) is 4.74 Å². The van der Waals surface area contributed by atoms with Crippen molar-refractivity contribution in [2.24, 2.45) is 11.0 Å². The summed E-state index contributed by atoms with van der Waals surface area (Å²) in [4.78, 5) is 16.4. The molecule has 0 spiro atoms. The van der Waals surface area contributed by atoms with E-state index in [0.717, 1.165) is 38.8 Å². The molecular formula is C13H24N4O2. The average Bonchev–Trinajstić information content (AvgIpc) is 2.33. The third-order valence-corrected chi connectivity index (χ3v) is 3.20. The third kappa shape index (κ3) is 6.34. The summed E-state index contributed by atoms with van der Waals surface area (Å²) < 4.78 is 5.36. The molecule has 6 nitrogen and oxygen atoms in total. The van der Waals surface area contributed by atoms with Gasteiger partial charge >= 0.3 is 6.09 Å². The van der Waals surface area contributed by atoms with Gasteiger partial charge in [0.15, 0.2) is 0 Å². The molecule has 19 heavy (non-hydrogen) atoms. The molecule has 1 rings (SSSR count). The summed E-state index contributed by atoms with van der Waals surface area (Å²) in [7, 11) is 0. The van der Waals surface area contributed by atoms with Gasteiger partial charge in [-0.15, -0.1) is 0 Å². The van der Waals surface area contributed by atoms with Gasteiger partial charge < -0.3 is 9.64 Å². The highest BCUT2D eigenvalue weighted by atomic mass is 16.6. The van der Waals surface area contributed by atoms with Crippen molar-refractivity contribution in [3.8, 4) is 0 Å². The fraction of sp³-hybridized carbons (Fsp3) is 0.923. The maximum absolute atomic E-state index is 11.9. The smallest absolute Gasteiger partial charge is 0.410 e. The van der Waals surface area contributed by atoms with E-state index in [1.807, 2.05) is 20.8 Å². The molecule has 0 radical (unpaired) electrons. The topological polar surface area (TPSA) is 78.3 Å². The van der Waals surface area contributed by atoms with Crippen LogP contribution in [0.2, 0.25) is 0 Å². The molecule has 0 aromatic carbocycles. The molecule has 1 amide bonds. The molecule has 108 valence electrons. The van der Waals surface area contributed by atoms with E-state index in [1.54, 1.807) is 4.90 Å². The number of carbonyl (C=O) groups is 1. The highest BCUT2D eigenvalue weighted by Crippen LogP contribution is 2.23. The van der Waals surface area contributed by atoms with Gasteiger partial charge in [-0.3, -0.25) is 0 Å². The van der Waals surface area contributed by atoms with E-state index in [9.17, 15) is 4.79 Å². The zero-order valence-electron chi connectivity index (χ0n) is 12.1. The molecular weight excluding hydrogens is 244 g/mol. The van der Waals surface area contributed by atoms with Crippen molar-refractivity contribution in [2.45, 2.75) is 52.1 Å². The Morgan fingerprint density at radius 2 is 2.05 bits per heavy atom. The largest absolute Gasteiger partial charge is 0.444 e. The monoisotopic (exact) mass is 268 g/mol. The van der Waals surface area contributed by atoms with Crippen LogP contribution in [0.1, 0.15) is 46.5 Å². The van der Waals surface area contributed by atoms with Crippen molar-refractivity contribution in [1.82, 2.24) is 4.90 Å². The molecule has 6 heteroatoms. The minimum Gasteiger partial charge on any atom is -0.444 e. The van der Waals surface area contributed by atoms with E-state index < -0.39 is 5.60 Å². The maximum Gasteiger partial charge on any atom is 0.410 e. The van der Waals surface area contributed by atoms with Crippen molar-refractivity contribution in [1.29, 1.82) is 0 Å². The van der Waals surface area contributed by atoms with Crippen LogP contribution in [0.3, 0.4) is 0 Å². The molecule has 1 aliphatic rings. The minimum absolute atomic E-state index is 0.208. The molecule has 1 fully saturated rings. The van der Waals surface area contributed by atoms with E-state index in [0.29, 0.717) is 12.5 Å². The molecule has 1 heterocycles. The van der Waals surface area contributed by atoms with Gasteiger partial charge in [0.05, 0.1) is 0 Å². The highest BCUT2D eigenvalue weighted by Gasteiger charge is 2.26. The van der Waals surface area contributed by atoms with Crippen molar-refractivity contribution in [3.05, 3.63) is 10.4 Å². The maximum atomic E-state index is 11.9. The zero-order chi connectivity index (χ0) is 14.3. The molecule has 0 bridgehead atoms. The molecule has 0 N–H and O–H groups in total. The van der Waals surface area contributed by atoms with Gasteiger partial charge in [-0.2, -0.15) is 0 Å². The molecule has 0 saturated carbocycles. The van der Waals surface area contributed by atoms with Gasteiger partial charge in [-0.05, 0) is 51.5 Å². The number of likely N-dealkylation sites (tertiary alicyclic amines) is 1. The highest BCUT2D eigenvalue weighted by molar-refractivity contribution is 5.68. The number of hydrogen-bond acceptors (Lipinski definition) is 3. The van der Waals surface area contributed by atoms with Gasteiger partial charge in [0.2, 0.25) is 0 Å². The van der Waals surface area contributed by atoms with E-state index in [-0.39, 0.29) is 6.09 Å². The lowest BCUT2D eigenvalue weighted by molar-refractivity contribution is 0.0181. The van der Waals surface area contributed by atoms with Gasteiger partial charge in [0.1, 0.15) is 5.60 Å². The summed E-state index contributed by atoms with van der Waals surface area (Å²) in [5.41, 5.74) is 7.76. The molecule has 1 saturated heterocycles. The Morgan fingerprint density at radius 1 is 1.42 bits per heavy atom. The number of piperidine rings is 1. The lowest BCUT2D eigenvalue weighted by Gasteiger charge is -2.33. The van der Waals surface area contributed by atoms with Crippen LogP contribution in [0.15, 0.2) is 5.11 Å². The van der Waals surface area contributed by atoms with Crippen LogP contribution in [0.25, 0.3) is 10.4 Å². The summed E-state index contributed by atoms with van der Waals surface area (Å²) >= 11 is 0. The minimum atomic E-state index is -0.427. The number of carbonyl (C=O) groups excluding carboxylic acids is 1. The van der Waals surface area contributed by atoms with E-state index in [2.05, 4.69) is 10.0 Å². The standard InChI is InChI=1S/C13H24N4O2/c1-13(2,3)19-12(18)17-9-6-11(7-10-17)5-4-8-15-16-14/h11H,4-10H2,1-3H3. The fourth-order valence-corrected chi connectivity index (χ4v) is 2.23. The van der Waals surface area contributed by atoms with Crippen LogP contribution in [0.4, 0.5) is 4.79 Å². The second-order valence-electron chi connectivity index (χ2n) is 6.01. The quantitative estimate of drug-likeness (QED) is 0.337. The Bertz CT molecular complexity index is 337. The van der Waals surface area contributed by atoms with Crippen molar-refractivity contribution in [3.63, 3.8) is 0 Å². The molecule has 1 aliphatic heterocycles. The third-order valence-electron chi connectivity index (χ3n) is 3.20. The molecule has 0 aromatic rings. The Hall–Kier alpha value is -1.42. The van der Waals surface area contributed by atoms with E-state index in [4.69, 9.17) is 10.3 Å². The first-order chi connectivity index (χ1) is 8.92. The molecule has 0 aliphatic carbocycles. The number of ether oxygens (including phenoxy) is 1. The number of hydrogen-bond donors (Lipinski definition) is 0. The van der Waals surface area contributed by atoms with Gasteiger partial charge in [0, 0.05) is 24.5 Å². The molecule has 0 unspecified atom stereocenters. The first-order valence-corrected chi connectivity index (χ1v) is 6.91. The Morgan fingerprint density at radius 3 is 2.58 bits per heavy atom. The number of azide groups is 1. The van der Waals surface area contributed by atoms with Crippen molar-refractivity contribution < 1.29 is 9.53 Å². The fourth-order valence-electron chi connectivity index (χ4n) is 2.23. The van der Waals surface area contributed by atoms with E-state index in [1.165, 1.54) is 0 Å². The van der Waals surface area contributed by atoms with Crippen LogP contribution in [0, 0.1) is 5.92 Å². The first kappa shape index (κ1) is 15.6. The zero-order valence-corrected chi connectivity index (χ0v) is 12.1. The van der Waals surface area contributed by atoms with Crippen LogP contribution >= 0.6 is 0 Å². The predicted octanol–water partition coefficient (Wildman–Crippen LogP) is 3.72. The lowest BCUT2D eigenvalue weighted by Crippen LogP contribution is -2.41. The molecule has 0 aromatic heterocycles. The van der Waals surface area contributed by atoms with Crippen LogP contribution in [-0.4, -0.2) is 36.2 Å². The Balaban J connectivity index is 2.25. The van der Waals surface area contributed by atoms with Crippen molar-refractivity contribution >= 4 is 6.09 Å². The van der Waals surface area contributed by atoms with Crippen LogP contribution in [0.5, 0.6) is 0 Å². The number of amides is 1. The van der Waals surface area contributed by atoms with Gasteiger partial charge in [-0.1, -0.05) is 11.5 Å². The summed E-state index contributed by atoms with van der Waals surface area (Å²) in [6.07, 6.45) is 3.81. The van der Waals surface area contributed by atoms with Crippen LogP contribution < -0.4 is 0 Å². The second-order valence-corrected chi connectivity index (χ2v) is 6.01. The normalized spacial score (nSPS) is 16.9. The Labute approximate surface area is 114 Å². The SMILES string of the molecule is CC(C)(C)OC(=O)N1CCC(CCCN=[N+]=[N-])CC1. The number of rotatable bonds is 4.